The van der Waals surface area contributed by atoms with E-state index in [1.165, 1.54) is 14.2 Å². The van der Waals surface area contributed by atoms with Crippen molar-refractivity contribution in [3.8, 4) is 0 Å². The number of hydrogen-bond acceptors (Lipinski definition) is 10. The minimum absolute atomic E-state index is 0.107. The Balaban J connectivity index is 1.36. The summed E-state index contributed by atoms with van der Waals surface area (Å²) >= 11 is 6.90. The van der Waals surface area contributed by atoms with Crippen molar-refractivity contribution in [1.29, 1.82) is 0 Å². The zero-order valence-electron chi connectivity index (χ0n) is 25.4. The molecular formula is C33H33ClN4O9. The summed E-state index contributed by atoms with van der Waals surface area (Å²) in [6, 6.07) is 12.2. The van der Waals surface area contributed by atoms with Gasteiger partial charge in [-0.15, -0.1) is 0 Å². The Labute approximate surface area is 272 Å². The van der Waals surface area contributed by atoms with Gasteiger partial charge in [0.05, 0.1) is 58.1 Å². The Morgan fingerprint density at radius 2 is 1.72 bits per heavy atom. The zero-order valence-corrected chi connectivity index (χ0v) is 26.2. The molecule has 13 nitrogen and oxygen atoms in total. The highest BCUT2D eigenvalue weighted by Gasteiger charge is 2.48. The fraction of sp³-hybridized carbons (Fsp3) is 0.394. The summed E-state index contributed by atoms with van der Waals surface area (Å²) in [6.07, 6.45) is -7.57. The number of aromatic amines is 1. The number of imide groups is 1. The van der Waals surface area contributed by atoms with Crippen molar-refractivity contribution >= 4 is 67.0 Å². The molecular weight excluding hydrogens is 632 g/mol. The predicted molar refractivity (Wildman–Crippen MR) is 171 cm³/mol. The molecule has 2 fully saturated rings. The summed E-state index contributed by atoms with van der Waals surface area (Å²) in [7, 11) is 2.84. The van der Waals surface area contributed by atoms with Crippen LogP contribution in [0.25, 0.3) is 43.6 Å². The van der Waals surface area contributed by atoms with Gasteiger partial charge in [-0.2, -0.15) is 0 Å². The monoisotopic (exact) mass is 664 g/mol. The summed E-state index contributed by atoms with van der Waals surface area (Å²) < 4.78 is 25.4. The van der Waals surface area contributed by atoms with E-state index in [1.807, 2.05) is 24.3 Å². The molecule has 3 aromatic carbocycles. The molecule has 47 heavy (non-hydrogen) atoms. The molecule has 5 aromatic rings. The van der Waals surface area contributed by atoms with Gasteiger partial charge in [0.25, 0.3) is 11.8 Å². The van der Waals surface area contributed by atoms with Gasteiger partial charge in [0.15, 0.2) is 12.5 Å². The number of hydrogen-bond donors (Lipinski definition) is 5. The molecule has 6 N–H and O–H groups in total. The SMILES string of the molecule is CO[C@@H]1[C@@H](O)[C@@H](O)[C@@H](n2c3c(Cl)cccc3c3c4c(c5c6ccccc6[nH]c5c32)C(=O)N(C)C4=O)O[C@H]1CO[C@@H]1C[C@H](O)[C@@H](N)CO1. The maximum Gasteiger partial charge on any atom is 0.262 e. The van der Waals surface area contributed by atoms with Crippen molar-refractivity contribution in [3.63, 3.8) is 0 Å². The van der Waals surface area contributed by atoms with Crippen molar-refractivity contribution in [1.82, 2.24) is 14.5 Å². The minimum Gasteiger partial charge on any atom is -0.391 e. The number of nitrogens with two attached hydrogens (primary N) is 1. The second-order valence-electron chi connectivity index (χ2n) is 12.4. The normalized spacial score (nSPS) is 30.0. The first-order valence-corrected chi connectivity index (χ1v) is 15.7. The lowest BCUT2D eigenvalue weighted by molar-refractivity contribution is -0.274. The molecule has 246 valence electrons. The van der Waals surface area contributed by atoms with Crippen molar-refractivity contribution in [3.05, 3.63) is 58.6 Å². The average Bonchev–Trinajstić information content (AvgIpc) is 3.68. The molecule has 0 aliphatic carbocycles. The molecule has 2 aromatic heterocycles. The third kappa shape index (κ3) is 4.39. The van der Waals surface area contributed by atoms with Crippen molar-refractivity contribution < 1.29 is 43.9 Å². The van der Waals surface area contributed by atoms with Crippen LogP contribution in [0, 0.1) is 0 Å². The van der Waals surface area contributed by atoms with Gasteiger partial charge in [-0.25, -0.2) is 0 Å². The number of carbonyl (C=O) groups excluding carboxylic acids is 2. The predicted octanol–water partition coefficient (Wildman–Crippen LogP) is 2.39. The Morgan fingerprint density at radius 1 is 1.00 bits per heavy atom. The molecule has 3 aliphatic rings. The topological polar surface area (TPSA) is 182 Å². The first-order chi connectivity index (χ1) is 22.6. The van der Waals surface area contributed by atoms with Crippen molar-refractivity contribution in [2.24, 2.45) is 5.73 Å². The molecule has 0 radical (unpaired) electrons. The van der Waals surface area contributed by atoms with E-state index in [-0.39, 0.29) is 30.8 Å². The summed E-state index contributed by atoms with van der Waals surface area (Å²) in [5.74, 6) is -0.892. The molecule has 14 heteroatoms. The highest BCUT2D eigenvalue weighted by Crippen LogP contribution is 2.48. The van der Waals surface area contributed by atoms with Gasteiger partial charge >= 0.3 is 0 Å². The van der Waals surface area contributed by atoms with Crippen LogP contribution in [0.3, 0.4) is 0 Å². The Kier molecular flexibility index (Phi) is 7.33. The number of para-hydroxylation sites is 2. The number of aromatic nitrogens is 2. The summed E-state index contributed by atoms with van der Waals surface area (Å²) in [5, 5.41) is 36.0. The van der Waals surface area contributed by atoms with Crippen molar-refractivity contribution in [2.75, 3.05) is 27.4 Å². The number of aliphatic hydroxyl groups excluding tert-OH is 3. The molecule has 5 heterocycles. The van der Waals surface area contributed by atoms with Crippen molar-refractivity contribution in [2.45, 2.75) is 55.5 Å². The first kappa shape index (κ1) is 30.7. The molecule has 2 amide bonds. The average molecular weight is 665 g/mol. The Bertz CT molecular complexity index is 2100. The molecule has 0 spiro atoms. The largest absolute Gasteiger partial charge is 0.391 e. The molecule has 0 bridgehead atoms. The van der Waals surface area contributed by atoms with E-state index in [0.717, 1.165) is 15.8 Å². The van der Waals surface area contributed by atoms with Crippen LogP contribution in [0.15, 0.2) is 42.5 Å². The summed E-state index contributed by atoms with van der Waals surface area (Å²) in [4.78, 5) is 32.0. The lowest BCUT2D eigenvalue weighted by atomic mass is 9.96. The summed E-state index contributed by atoms with van der Waals surface area (Å²) in [5.41, 5.74) is 8.54. The number of fused-ring (bicyclic) bond motifs is 10. The van der Waals surface area contributed by atoms with Crippen LogP contribution in [0.1, 0.15) is 33.4 Å². The van der Waals surface area contributed by atoms with Gasteiger partial charge in [-0.1, -0.05) is 41.9 Å². The highest BCUT2D eigenvalue weighted by atomic mass is 35.5. The van der Waals surface area contributed by atoms with Crippen LogP contribution < -0.4 is 5.73 Å². The molecule has 2 saturated heterocycles. The highest BCUT2D eigenvalue weighted by molar-refractivity contribution is 6.41. The van der Waals surface area contributed by atoms with E-state index < -0.39 is 60.9 Å². The number of nitrogens with zero attached hydrogens (tertiary/aromatic N) is 2. The van der Waals surface area contributed by atoms with Gasteiger partial charge in [0.1, 0.15) is 24.4 Å². The van der Waals surface area contributed by atoms with E-state index in [9.17, 15) is 24.9 Å². The molecule has 0 unspecified atom stereocenters. The van der Waals surface area contributed by atoms with Crippen LogP contribution in [0.5, 0.6) is 0 Å². The Morgan fingerprint density at radius 3 is 2.47 bits per heavy atom. The van der Waals surface area contributed by atoms with Gasteiger partial charge in [-0.05, 0) is 12.1 Å². The van der Waals surface area contributed by atoms with E-state index >= 15 is 0 Å². The molecule has 0 saturated carbocycles. The number of carbonyl (C=O) groups is 2. The lowest BCUT2D eigenvalue weighted by Crippen LogP contribution is -2.58. The zero-order chi connectivity index (χ0) is 32.9. The van der Waals surface area contributed by atoms with Crippen LogP contribution in [0.2, 0.25) is 5.02 Å². The minimum atomic E-state index is -1.52. The number of ether oxygens (including phenoxy) is 4. The maximum atomic E-state index is 13.8. The van der Waals surface area contributed by atoms with Crippen LogP contribution in [-0.4, -0.2) is 112 Å². The van der Waals surface area contributed by atoms with Gasteiger partial charge in [0.2, 0.25) is 0 Å². The smallest absolute Gasteiger partial charge is 0.262 e. The number of halogens is 1. The number of methoxy groups -OCH3 is 1. The van der Waals surface area contributed by atoms with E-state index in [1.54, 1.807) is 22.8 Å². The lowest BCUT2D eigenvalue weighted by Gasteiger charge is -2.43. The maximum absolute atomic E-state index is 13.8. The number of nitrogens with one attached hydrogen (secondary N) is 1. The number of rotatable bonds is 5. The van der Waals surface area contributed by atoms with Gasteiger partial charge in [-0.3, -0.25) is 14.5 Å². The molecule has 8 atom stereocenters. The number of amides is 2. The second kappa shape index (κ2) is 11.2. The fourth-order valence-electron chi connectivity index (χ4n) is 7.41. The molecule has 3 aliphatic heterocycles. The van der Waals surface area contributed by atoms with Crippen LogP contribution >= 0.6 is 11.6 Å². The van der Waals surface area contributed by atoms with Gasteiger partial charge < -0.3 is 49.6 Å². The van der Waals surface area contributed by atoms with Gasteiger partial charge in [0, 0.05) is 47.6 Å². The Hall–Kier alpha value is -3.63. The number of benzene rings is 3. The standard InChI is InChI=1S/C33H33ClN4O9/c1-37-31(42)23-21-13-6-3-4-9-17(13)36-25(21)27-22(24(23)32(37)43)14-7-5-8-15(34)26(14)38(27)33-29(41)28(40)30(44-2)19(47-33)12-46-20-10-18(39)16(35)11-45-20/h3-9,16,18-20,28-30,33,36,39-41H,10-12,35H2,1-2H3/t16-,18-,19-,20+,28-,29+,30-,33-/m0/s1. The van der Waals surface area contributed by atoms with Crippen LogP contribution in [-0.2, 0) is 18.9 Å². The molecule has 8 rings (SSSR count). The van der Waals surface area contributed by atoms with E-state index in [0.29, 0.717) is 37.7 Å². The summed E-state index contributed by atoms with van der Waals surface area (Å²) in [6.45, 7) is -0.0125. The fourth-order valence-corrected chi connectivity index (χ4v) is 7.67. The van der Waals surface area contributed by atoms with Crippen LogP contribution in [0.4, 0.5) is 0 Å². The third-order valence-electron chi connectivity index (χ3n) is 9.74. The number of aliphatic hydroxyl groups is 3. The van der Waals surface area contributed by atoms with E-state index in [4.69, 9.17) is 36.3 Å². The second-order valence-corrected chi connectivity index (χ2v) is 12.8. The third-order valence-corrected chi connectivity index (χ3v) is 10.0. The van der Waals surface area contributed by atoms with E-state index in [2.05, 4.69) is 4.98 Å². The number of H-pyrrole nitrogens is 1. The first-order valence-electron chi connectivity index (χ1n) is 15.3. The quantitative estimate of drug-likeness (QED) is 0.175.